The second-order valence-electron chi connectivity index (χ2n) is 6.68. The summed E-state index contributed by atoms with van der Waals surface area (Å²) >= 11 is 0. The third-order valence-corrected chi connectivity index (χ3v) is 3.83. The molecule has 1 aromatic heterocycles. The van der Waals surface area contributed by atoms with E-state index in [4.69, 9.17) is 5.11 Å². The van der Waals surface area contributed by atoms with Crippen molar-refractivity contribution in [3.8, 4) is 0 Å². The van der Waals surface area contributed by atoms with Gasteiger partial charge in [0, 0.05) is 6.20 Å². The number of carboxylic acid groups (broad SMARTS) is 1. The molecule has 0 radical (unpaired) electrons. The summed E-state index contributed by atoms with van der Waals surface area (Å²) < 4.78 is 1.63. The Morgan fingerprint density at radius 3 is 2.52 bits per heavy atom. The lowest BCUT2D eigenvalue weighted by Crippen LogP contribution is -2.46. The summed E-state index contributed by atoms with van der Waals surface area (Å²) in [5, 5.41) is 18.2. The Labute approximate surface area is 157 Å². The van der Waals surface area contributed by atoms with Crippen molar-refractivity contribution in [3.63, 3.8) is 0 Å². The number of amides is 2. The molecule has 8 heteroatoms. The fourth-order valence-electron chi connectivity index (χ4n) is 2.54. The first kappa shape index (κ1) is 20.2. The van der Waals surface area contributed by atoms with E-state index in [1.165, 1.54) is 6.20 Å². The first-order valence-corrected chi connectivity index (χ1v) is 8.72. The van der Waals surface area contributed by atoms with Crippen LogP contribution in [0.1, 0.15) is 36.2 Å². The molecule has 1 atom stereocenters. The van der Waals surface area contributed by atoms with Gasteiger partial charge in [-0.15, -0.1) is 0 Å². The molecule has 0 fully saturated rings. The number of carbonyl (C=O) groups is 3. The Morgan fingerprint density at radius 1 is 1.19 bits per heavy atom. The molecule has 0 bridgehead atoms. The molecule has 0 saturated heterocycles. The molecule has 2 rings (SSSR count). The summed E-state index contributed by atoms with van der Waals surface area (Å²) in [6.45, 7) is 3.97. The summed E-state index contributed by atoms with van der Waals surface area (Å²) in [6.07, 6.45) is 3.34. The molecule has 0 unspecified atom stereocenters. The van der Waals surface area contributed by atoms with Crippen LogP contribution in [0.3, 0.4) is 0 Å². The van der Waals surface area contributed by atoms with Crippen LogP contribution in [0.25, 0.3) is 0 Å². The third kappa shape index (κ3) is 6.58. The monoisotopic (exact) mass is 372 g/mol. The van der Waals surface area contributed by atoms with Gasteiger partial charge in [-0.3, -0.25) is 14.3 Å². The van der Waals surface area contributed by atoms with Gasteiger partial charge in [0.05, 0.1) is 24.8 Å². The molecule has 8 nitrogen and oxygen atoms in total. The quantitative estimate of drug-likeness (QED) is 0.614. The largest absolute Gasteiger partial charge is 0.480 e. The SMILES string of the molecule is CC(C)C[C@H](NC(=O)CNC(=O)c1cnn(Cc2ccccc2)c1)C(=O)O. The zero-order valence-corrected chi connectivity index (χ0v) is 15.4. The number of hydrogen-bond donors (Lipinski definition) is 3. The smallest absolute Gasteiger partial charge is 0.326 e. The topological polar surface area (TPSA) is 113 Å². The van der Waals surface area contributed by atoms with Crippen molar-refractivity contribution >= 4 is 17.8 Å². The molecule has 2 aromatic rings. The van der Waals surface area contributed by atoms with Crippen molar-refractivity contribution < 1.29 is 19.5 Å². The predicted octanol–water partition coefficient (Wildman–Crippen LogP) is 1.28. The van der Waals surface area contributed by atoms with E-state index >= 15 is 0 Å². The summed E-state index contributed by atoms with van der Waals surface area (Å²) in [7, 11) is 0. The molecule has 0 aliphatic rings. The van der Waals surface area contributed by atoms with Gasteiger partial charge in [0.15, 0.2) is 0 Å². The molecule has 144 valence electrons. The number of benzene rings is 1. The van der Waals surface area contributed by atoms with Crippen molar-refractivity contribution in [1.29, 1.82) is 0 Å². The number of aliphatic carboxylic acids is 1. The van der Waals surface area contributed by atoms with Crippen LogP contribution >= 0.6 is 0 Å². The first-order chi connectivity index (χ1) is 12.8. The first-order valence-electron chi connectivity index (χ1n) is 8.72. The molecule has 1 aromatic carbocycles. The van der Waals surface area contributed by atoms with Crippen LogP contribution in [-0.2, 0) is 16.1 Å². The number of nitrogens with one attached hydrogen (secondary N) is 2. The highest BCUT2D eigenvalue weighted by atomic mass is 16.4. The van der Waals surface area contributed by atoms with Crippen LogP contribution in [0.15, 0.2) is 42.7 Å². The summed E-state index contributed by atoms with van der Waals surface area (Å²) in [5.41, 5.74) is 1.38. The molecule has 1 heterocycles. The third-order valence-electron chi connectivity index (χ3n) is 3.83. The summed E-state index contributed by atoms with van der Waals surface area (Å²) in [5.74, 6) is -1.96. The Balaban J connectivity index is 1.84. The second-order valence-corrected chi connectivity index (χ2v) is 6.68. The Bertz CT molecular complexity index is 786. The minimum atomic E-state index is -1.09. The predicted molar refractivity (Wildman–Crippen MR) is 99.1 cm³/mol. The fourth-order valence-corrected chi connectivity index (χ4v) is 2.54. The molecule has 0 spiro atoms. The maximum atomic E-state index is 12.2. The Morgan fingerprint density at radius 2 is 1.89 bits per heavy atom. The van der Waals surface area contributed by atoms with Crippen molar-refractivity contribution in [3.05, 3.63) is 53.9 Å². The number of nitrogens with zero attached hydrogens (tertiary/aromatic N) is 2. The number of carbonyl (C=O) groups excluding carboxylic acids is 2. The van der Waals surface area contributed by atoms with Gasteiger partial charge < -0.3 is 15.7 Å². The van der Waals surface area contributed by atoms with Gasteiger partial charge in [0.25, 0.3) is 5.91 Å². The van der Waals surface area contributed by atoms with Crippen LogP contribution in [0.5, 0.6) is 0 Å². The van der Waals surface area contributed by atoms with E-state index in [0.29, 0.717) is 18.5 Å². The van der Waals surface area contributed by atoms with Crippen LogP contribution in [-0.4, -0.2) is 45.3 Å². The van der Waals surface area contributed by atoms with E-state index in [1.807, 2.05) is 44.2 Å². The molecule has 3 N–H and O–H groups in total. The zero-order chi connectivity index (χ0) is 19.8. The molecule has 27 heavy (non-hydrogen) atoms. The van der Waals surface area contributed by atoms with E-state index in [2.05, 4.69) is 15.7 Å². The lowest BCUT2D eigenvalue weighted by atomic mass is 10.0. The molecule has 0 saturated carbocycles. The minimum Gasteiger partial charge on any atom is -0.480 e. The van der Waals surface area contributed by atoms with Gasteiger partial charge in [-0.25, -0.2) is 4.79 Å². The van der Waals surface area contributed by atoms with Gasteiger partial charge in [-0.1, -0.05) is 44.2 Å². The number of hydrogen-bond acceptors (Lipinski definition) is 4. The fraction of sp³-hybridized carbons (Fsp3) is 0.368. The van der Waals surface area contributed by atoms with Gasteiger partial charge in [-0.05, 0) is 17.9 Å². The van der Waals surface area contributed by atoms with Crippen molar-refractivity contribution in [2.75, 3.05) is 6.54 Å². The van der Waals surface area contributed by atoms with Crippen LogP contribution in [0.4, 0.5) is 0 Å². The standard InChI is InChI=1S/C19H24N4O4/c1-13(2)8-16(19(26)27)22-17(24)10-20-18(25)15-9-21-23(12-15)11-14-6-4-3-5-7-14/h3-7,9,12-13,16H,8,10-11H2,1-2H3,(H,20,25)(H,22,24)(H,26,27)/t16-/m0/s1. The zero-order valence-electron chi connectivity index (χ0n) is 15.4. The van der Waals surface area contributed by atoms with Crippen LogP contribution < -0.4 is 10.6 Å². The number of aromatic nitrogens is 2. The van der Waals surface area contributed by atoms with E-state index in [0.717, 1.165) is 5.56 Å². The second kappa shape index (κ2) is 9.51. The molecule has 2 amide bonds. The number of carboxylic acids is 1. The van der Waals surface area contributed by atoms with Gasteiger partial charge in [-0.2, -0.15) is 5.10 Å². The summed E-state index contributed by atoms with van der Waals surface area (Å²) in [4.78, 5) is 35.2. The average Bonchev–Trinajstić information content (AvgIpc) is 3.08. The van der Waals surface area contributed by atoms with E-state index in [9.17, 15) is 14.4 Å². The van der Waals surface area contributed by atoms with Gasteiger partial charge >= 0.3 is 5.97 Å². The molecule has 0 aliphatic heterocycles. The van der Waals surface area contributed by atoms with Crippen molar-refractivity contribution in [2.24, 2.45) is 5.92 Å². The highest BCUT2D eigenvalue weighted by molar-refractivity contribution is 5.96. The highest BCUT2D eigenvalue weighted by Gasteiger charge is 2.21. The lowest BCUT2D eigenvalue weighted by Gasteiger charge is -2.16. The minimum absolute atomic E-state index is 0.122. The Kier molecular flexibility index (Phi) is 7.10. The number of rotatable bonds is 9. The molecular formula is C19H24N4O4. The van der Waals surface area contributed by atoms with Gasteiger partial charge in [0.2, 0.25) is 5.91 Å². The van der Waals surface area contributed by atoms with E-state index in [-0.39, 0.29) is 12.5 Å². The summed E-state index contributed by atoms with van der Waals surface area (Å²) in [6, 6.07) is 8.72. The van der Waals surface area contributed by atoms with Crippen molar-refractivity contribution in [2.45, 2.75) is 32.9 Å². The molecule has 0 aliphatic carbocycles. The van der Waals surface area contributed by atoms with Crippen molar-refractivity contribution in [1.82, 2.24) is 20.4 Å². The normalized spacial score (nSPS) is 11.8. The van der Waals surface area contributed by atoms with Crippen LogP contribution in [0, 0.1) is 5.92 Å². The Hall–Kier alpha value is -3.16. The van der Waals surface area contributed by atoms with E-state index < -0.39 is 23.8 Å². The lowest BCUT2D eigenvalue weighted by molar-refractivity contribution is -0.142. The van der Waals surface area contributed by atoms with E-state index in [1.54, 1.807) is 10.9 Å². The molecular weight excluding hydrogens is 348 g/mol. The maximum Gasteiger partial charge on any atom is 0.326 e. The highest BCUT2D eigenvalue weighted by Crippen LogP contribution is 2.05. The average molecular weight is 372 g/mol. The van der Waals surface area contributed by atoms with Crippen LogP contribution in [0.2, 0.25) is 0 Å². The van der Waals surface area contributed by atoms with Gasteiger partial charge in [0.1, 0.15) is 6.04 Å². The maximum absolute atomic E-state index is 12.2.